The Morgan fingerprint density at radius 3 is 2.90 bits per heavy atom. The molecule has 1 N–H and O–H groups in total. The number of aryl methyl sites for hydroxylation is 1. The molecule has 3 rings (SSSR count). The van der Waals surface area contributed by atoms with Gasteiger partial charge in [0.1, 0.15) is 12.1 Å². The van der Waals surface area contributed by atoms with Crippen molar-refractivity contribution >= 4 is 11.6 Å². The summed E-state index contributed by atoms with van der Waals surface area (Å²) in [6.07, 6.45) is 6.53. The summed E-state index contributed by atoms with van der Waals surface area (Å²) in [5.41, 5.74) is 3.42. The van der Waals surface area contributed by atoms with Crippen molar-refractivity contribution in [3.05, 3.63) is 40.6 Å². The highest BCUT2D eigenvalue weighted by molar-refractivity contribution is 6.31. The van der Waals surface area contributed by atoms with E-state index in [4.69, 9.17) is 16.6 Å². The van der Waals surface area contributed by atoms with E-state index in [0.717, 1.165) is 24.4 Å². The van der Waals surface area contributed by atoms with E-state index in [-0.39, 0.29) is 0 Å². The van der Waals surface area contributed by atoms with Crippen molar-refractivity contribution in [2.24, 2.45) is 0 Å². The van der Waals surface area contributed by atoms with Crippen LogP contribution in [-0.4, -0.2) is 20.6 Å². The lowest BCUT2D eigenvalue weighted by Crippen LogP contribution is -2.23. The minimum absolute atomic E-state index is 0.410. The lowest BCUT2D eigenvalue weighted by molar-refractivity contribution is 0.580. The molecule has 0 saturated heterocycles. The second kappa shape index (κ2) is 6.16. The Morgan fingerprint density at radius 1 is 1.29 bits per heavy atom. The molecule has 112 valence electrons. The number of nitrogens with zero attached hydrogens (tertiary/aromatic N) is 3. The number of nitrogens with one attached hydrogen (secondary N) is 1. The summed E-state index contributed by atoms with van der Waals surface area (Å²) < 4.78 is 2.11. The molecule has 1 aliphatic carbocycles. The highest BCUT2D eigenvalue weighted by atomic mass is 35.5. The van der Waals surface area contributed by atoms with E-state index < -0.39 is 0 Å². The Morgan fingerprint density at radius 2 is 2.10 bits per heavy atom. The van der Waals surface area contributed by atoms with Gasteiger partial charge in [-0.3, -0.25) is 4.57 Å². The molecule has 0 amide bonds. The van der Waals surface area contributed by atoms with Gasteiger partial charge in [-0.2, -0.15) is 0 Å². The number of hydrogen-bond donors (Lipinski definition) is 1. The molecule has 0 aromatic carbocycles. The average Bonchev–Trinajstić information content (AvgIpc) is 2.90. The molecule has 5 heteroatoms. The smallest absolute Gasteiger partial charge is 0.138 e. The maximum Gasteiger partial charge on any atom is 0.138 e. The number of pyridine rings is 1. The lowest BCUT2D eigenvalue weighted by atomic mass is 10.0. The van der Waals surface area contributed by atoms with E-state index >= 15 is 0 Å². The molecule has 0 unspecified atom stereocenters. The number of imidazole rings is 1. The summed E-state index contributed by atoms with van der Waals surface area (Å²) in [6.45, 7) is 4.91. The predicted octanol–water partition coefficient (Wildman–Crippen LogP) is 3.30. The van der Waals surface area contributed by atoms with Crippen molar-refractivity contribution < 1.29 is 0 Å². The summed E-state index contributed by atoms with van der Waals surface area (Å²) in [5.74, 6) is 0.913. The van der Waals surface area contributed by atoms with Crippen molar-refractivity contribution in [3.63, 3.8) is 0 Å². The number of halogens is 1. The Hall–Kier alpha value is -1.39. The lowest BCUT2D eigenvalue weighted by Gasteiger charge is -2.15. The van der Waals surface area contributed by atoms with E-state index in [0.29, 0.717) is 17.6 Å². The third kappa shape index (κ3) is 3.11. The second-order valence-electron chi connectivity index (χ2n) is 5.85. The zero-order chi connectivity index (χ0) is 14.8. The summed E-state index contributed by atoms with van der Waals surface area (Å²) in [7, 11) is 0. The van der Waals surface area contributed by atoms with Crippen LogP contribution in [0, 0.1) is 0 Å². The molecular weight excluding hydrogens is 284 g/mol. The van der Waals surface area contributed by atoms with Crippen LogP contribution < -0.4 is 5.32 Å². The Balaban J connectivity index is 1.92. The van der Waals surface area contributed by atoms with Crippen LogP contribution in [-0.2, 0) is 19.4 Å². The minimum Gasteiger partial charge on any atom is -0.309 e. The van der Waals surface area contributed by atoms with Gasteiger partial charge in [-0.15, -0.1) is 0 Å². The monoisotopic (exact) mass is 304 g/mol. The van der Waals surface area contributed by atoms with Crippen LogP contribution in [0.2, 0.25) is 5.02 Å². The summed E-state index contributed by atoms with van der Waals surface area (Å²) in [5, 5.41) is 4.07. The molecule has 0 aliphatic heterocycles. The van der Waals surface area contributed by atoms with Crippen molar-refractivity contribution in [1.29, 1.82) is 0 Å². The number of hydrogen-bond acceptors (Lipinski definition) is 3. The molecule has 2 heterocycles. The molecule has 0 fully saturated rings. The number of aromatic nitrogens is 3. The van der Waals surface area contributed by atoms with Crippen molar-refractivity contribution in [1.82, 2.24) is 19.9 Å². The first-order valence-corrected chi connectivity index (χ1v) is 7.97. The van der Waals surface area contributed by atoms with Gasteiger partial charge in [0.05, 0.1) is 16.4 Å². The first-order chi connectivity index (χ1) is 10.1. The van der Waals surface area contributed by atoms with Crippen LogP contribution in [0.4, 0.5) is 0 Å². The van der Waals surface area contributed by atoms with Gasteiger partial charge >= 0.3 is 0 Å². The van der Waals surface area contributed by atoms with Gasteiger partial charge in [0, 0.05) is 18.3 Å². The standard InChI is InChI=1S/C16H21ClN4/c1-11(2)18-9-14-12(17)7-8-16(20-14)21-10-19-13-5-3-4-6-15(13)21/h7-8,10-11,18H,3-6,9H2,1-2H3. The van der Waals surface area contributed by atoms with E-state index in [1.165, 1.54) is 24.2 Å². The SMILES string of the molecule is CC(C)NCc1nc(-n2cnc3c2CCCC3)ccc1Cl. The molecule has 0 spiro atoms. The molecule has 2 aromatic rings. The van der Waals surface area contributed by atoms with Crippen LogP contribution in [0.1, 0.15) is 43.8 Å². The van der Waals surface area contributed by atoms with Crippen LogP contribution in [0.3, 0.4) is 0 Å². The first kappa shape index (κ1) is 14.5. The second-order valence-corrected chi connectivity index (χ2v) is 6.26. The summed E-state index contributed by atoms with van der Waals surface area (Å²) >= 11 is 6.26. The van der Waals surface area contributed by atoms with E-state index in [2.05, 4.69) is 28.7 Å². The zero-order valence-electron chi connectivity index (χ0n) is 12.6. The van der Waals surface area contributed by atoms with Gasteiger partial charge in [0.2, 0.25) is 0 Å². The maximum atomic E-state index is 6.26. The van der Waals surface area contributed by atoms with Crippen LogP contribution in [0.25, 0.3) is 5.82 Å². The highest BCUT2D eigenvalue weighted by Gasteiger charge is 2.17. The molecule has 21 heavy (non-hydrogen) atoms. The molecule has 0 saturated carbocycles. The molecule has 4 nitrogen and oxygen atoms in total. The largest absolute Gasteiger partial charge is 0.309 e. The molecule has 0 atom stereocenters. The van der Waals surface area contributed by atoms with Crippen LogP contribution >= 0.6 is 11.6 Å². The highest BCUT2D eigenvalue weighted by Crippen LogP contribution is 2.24. The Labute approximate surface area is 130 Å². The number of fused-ring (bicyclic) bond motifs is 1. The quantitative estimate of drug-likeness (QED) is 0.942. The Bertz CT molecular complexity index is 633. The normalized spacial score (nSPS) is 14.5. The van der Waals surface area contributed by atoms with Gasteiger partial charge in [0.25, 0.3) is 0 Å². The topological polar surface area (TPSA) is 42.7 Å². The molecule has 0 bridgehead atoms. The molecular formula is C16H21ClN4. The third-order valence-electron chi connectivity index (χ3n) is 3.86. The van der Waals surface area contributed by atoms with Gasteiger partial charge in [-0.25, -0.2) is 9.97 Å². The van der Waals surface area contributed by atoms with E-state index in [1.807, 2.05) is 18.5 Å². The molecule has 0 radical (unpaired) electrons. The fourth-order valence-corrected chi connectivity index (χ4v) is 2.87. The third-order valence-corrected chi connectivity index (χ3v) is 4.20. The van der Waals surface area contributed by atoms with Crippen molar-refractivity contribution in [3.8, 4) is 5.82 Å². The fraction of sp³-hybridized carbons (Fsp3) is 0.500. The molecule has 1 aliphatic rings. The maximum absolute atomic E-state index is 6.26. The van der Waals surface area contributed by atoms with Crippen molar-refractivity contribution in [2.45, 2.75) is 52.1 Å². The van der Waals surface area contributed by atoms with Crippen molar-refractivity contribution in [2.75, 3.05) is 0 Å². The number of rotatable bonds is 4. The van der Waals surface area contributed by atoms with Gasteiger partial charge in [-0.05, 0) is 37.8 Å². The van der Waals surface area contributed by atoms with Crippen LogP contribution in [0.15, 0.2) is 18.5 Å². The van der Waals surface area contributed by atoms with E-state index in [1.54, 1.807) is 0 Å². The van der Waals surface area contributed by atoms with Gasteiger partial charge in [-0.1, -0.05) is 25.4 Å². The zero-order valence-corrected chi connectivity index (χ0v) is 13.3. The Kier molecular flexibility index (Phi) is 4.27. The van der Waals surface area contributed by atoms with E-state index in [9.17, 15) is 0 Å². The summed E-state index contributed by atoms with van der Waals surface area (Å²) in [6, 6.07) is 4.31. The minimum atomic E-state index is 0.410. The first-order valence-electron chi connectivity index (χ1n) is 7.59. The predicted molar refractivity (Wildman–Crippen MR) is 85.0 cm³/mol. The van der Waals surface area contributed by atoms with Crippen LogP contribution in [0.5, 0.6) is 0 Å². The fourth-order valence-electron chi connectivity index (χ4n) is 2.70. The average molecular weight is 305 g/mol. The van der Waals surface area contributed by atoms with Gasteiger partial charge in [0.15, 0.2) is 0 Å². The molecule has 2 aromatic heterocycles. The van der Waals surface area contributed by atoms with Gasteiger partial charge < -0.3 is 5.32 Å². The summed E-state index contributed by atoms with van der Waals surface area (Å²) in [4.78, 5) is 9.26.